The van der Waals surface area contributed by atoms with Crippen molar-refractivity contribution in [3.05, 3.63) is 64.7 Å². The first-order chi connectivity index (χ1) is 13.6. The minimum Gasteiger partial charge on any atom is -0.380 e. The predicted molar refractivity (Wildman–Crippen MR) is 110 cm³/mol. The van der Waals surface area contributed by atoms with Crippen molar-refractivity contribution in [2.24, 2.45) is 0 Å². The van der Waals surface area contributed by atoms with Gasteiger partial charge in [-0.15, -0.1) is 0 Å². The van der Waals surface area contributed by atoms with Crippen LogP contribution in [0, 0.1) is 0 Å². The van der Waals surface area contributed by atoms with Crippen LogP contribution >= 0.6 is 11.6 Å². The molecule has 0 unspecified atom stereocenters. The third-order valence-electron chi connectivity index (χ3n) is 4.66. The number of carbonyl (C=O) groups is 2. The van der Waals surface area contributed by atoms with Crippen LogP contribution in [0.4, 0.5) is 5.69 Å². The van der Waals surface area contributed by atoms with E-state index in [0.717, 1.165) is 5.56 Å². The van der Waals surface area contributed by atoms with Crippen LogP contribution in [0.5, 0.6) is 0 Å². The Kier molecular flexibility index (Phi) is 7.03. The van der Waals surface area contributed by atoms with Crippen LogP contribution in [-0.2, 0) is 16.1 Å². The molecule has 148 valence electrons. The summed E-state index contributed by atoms with van der Waals surface area (Å²) in [5.74, 6) is -0.0988. The van der Waals surface area contributed by atoms with Gasteiger partial charge >= 0.3 is 0 Å². The van der Waals surface area contributed by atoms with Crippen molar-refractivity contribution in [2.75, 3.05) is 45.2 Å². The SMILES string of the molecule is COCc1cccc(C(=O)N2CCN(CC(=O)Nc3ccccc3Cl)CC2)c1. The zero-order valence-electron chi connectivity index (χ0n) is 15.9. The molecule has 0 radical (unpaired) electrons. The summed E-state index contributed by atoms with van der Waals surface area (Å²) in [6, 6.07) is 14.7. The Hall–Kier alpha value is -2.41. The molecule has 1 heterocycles. The van der Waals surface area contributed by atoms with Gasteiger partial charge in [0.1, 0.15) is 0 Å². The first-order valence-corrected chi connectivity index (χ1v) is 9.58. The number of ether oxygens (including phenoxy) is 1. The Bertz CT molecular complexity index is 835. The Morgan fingerprint density at radius 2 is 1.82 bits per heavy atom. The van der Waals surface area contributed by atoms with Gasteiger partial charge in [0.05, 0.1) is 23.9 Å². The van der Waals surface area contributed by atoms with E-state index >= 15 is 0 Å². The maximum absolute atomic E-state index is 12.7. The topological polar surface area (TPSA) is 61.9 Å². The first kappa shape index (κ1) is 20.3. The summed E-state index contributed by atoms with van der Waals surface area (Å²) in [5.41, 5.74) is 2.25. The van der Waals surface area contributed by atoms with Crippen molar-refractivity contribution < 1.29 is 14.3 Å². The van der Waals surface area contributed by atoms with Crippen LogP contribution in [-0.4, -0.2) is 61.4 Å². The highest BCUT2D eigenvalue weighted by molar-refractivity contribution is 6.33. The summed E-state index contributed by atoms with van der Waals surface area (Å²) in [6.07, 6.45) is 0. The third kappa shape index (κ3) is 5.32. The van der Waals surface area contributed by atoms with E-state index in [4.69, 9.17) is 16.3 Å². The first-order valence-electron chi connectivity index (χ1n) is 9.20. The van der Waals surface area contributed by atoms with E-state index in [1.165, 1.54) is 0 Å². The van der Waals surface area contributed by atoms with Gasteiger partial charge in [-0.05, 0) is 29.8 Å². The molecule has 0 aromatic heterocycles. The van der Waals surface area contributed by atoms with Gasteiger partial charge in [-0.25, -0.2) is 0 Å². The summed E-state index contributed by atoms with van der Waals surface area (Å²) in [5, 5.41) is 3.35. The van der Waals surface area contributed by atoms with Crippen LogP contribution in [0.3, 0.4) is 0 Å². The maximum Gasteiger partial charge on any atom is 0.253 e. The molecule has 6 nitrogen and oxygen atoms in total. The standard InChI is InChI=1S/C21H24ClN3O3/c1-28-15-16-5-4-6-17(13-16)21(27)25-11-9-24(10-12-25)14-20(26)23-19-8-3-2-7-18(19)22/h2-8,13H,9-12,14-15H2,1H3,(H,23,26). The molecule has 0 bridgehead atoms. The number of rotatable bonds is 6. The molecular formula is C21H24ClN3O3. The highest BCUT2D eigenvalue weighted by Crippen LogP contribution is 2.20. The predicted octanol–water partition coefficient (Wildman–Crippen LogP) is 2.88. The summed E-state index contributed by atoms with van der Waals surface area (Å²) in [7, 11) is 1.63. The number of hydrogen-bond donors (Lipinski definition) is 1. The summed E-state index contributed by atoms with van der Waals surface area (Å²) in [6.45, 7) is 3.24. The molecule has 1 N–H and O–H groups in total. The van der Waals surface area contributed by atoms with E-state index in [2.05, 4.69) is 5.32 Å². The Labute approximate surface area is 170 Å². The lowest BCUT2D eigenvalue weighted by atomic mass is 10.1. The number of halogens is 1. The zero-order chi connectivity index (χ0) is 19.9. The normalized spacial score (nSPS) is 14.7. The highest BCUT2D eigenvalue weighted by atomic mass is 35.5. The van der Waals surface area contributed by atoms with Crippen molar-refractivity contribution >= 4 is 29.1 Å². The average Bonchev–Trinajstić information content (AvgIpc) is 2.70. The summed E-state index contributed by atoms with van der Waals surface area (Å²) >= 11 is 6.07. The molecule has 2 amide bonds. The molecule has 7 heteroatoms. The number of carbonyl (C=O) groups excluding carboxylic acids is 2. The second-order valence-corrected chi connectivity index (χ2v) is 7.14. The van der Waals surface area contributed by atoms with Crippen LogP contribution in [0.2, 0.25) is 5.02 Å². The second-order valence-electron chi connectivity index (χ2n) is 6.73. The lowest BCUT2D eigenvalue weighted by Crippen LogP contribution is -2.50. The van der Waals surface area contributed by atoms with Crippen molar-refractivity contribution in [2.45, 2.75) is 6.61 Å². The smallest absolute Gasteiger partial charge is 0.253 e. The molecule has 1 saturated heterocycles. The van der Waals surface area contributed by atoms with Crippen molar-refractivity contribution in [1.29, 1.82) is 0 Å². The molecule has 2 aromatic rings. The zero-order valence-corrected chi connectivity index (χ0v) is 16.6. The fraction of sp³-hybridized carbons (Fsp3) is 0.333. The number of methoxy groups -OCH3 is 1. The molecule has 3 rings (SSSR count). The highest BCUT2D eigenvalue weighted by Gasteiger charge is 2.23. The van der Waals surface area contributed by atoms with Gasteiger partial charge in [-0.1, -0.05) is 35.9 Å². The molecule has 1 aliphatic rings. The number of anilines is 1. The van der Waals surface area contributed by atoms with Crippen molar-refractivity contribution in [3.63, 3.8) is 0 Å². The van der Waals surface area contributed by atoms with Gasteiger partial charge in [0, 0.05) is 38.9 Å². The van der Waals surface area contributed by atoms with Crippen molar-refractivity contribution in [3.8, 4) is 0 Å². The van der Waals surface area contributed by atoms with Gasteiger partial charge in [0.25, 0.3) is 5.91 Å². The summed E-state index contributed by atoms with van der Waals surface area (Å²) < 4.78 is 5.13. The number of hydrogen-bond acceptors (Lipinski definition) is 4. The minimum absolute atomic E-state index is 0.0121. The van der Waals surface area contributed by atoms with Gasteiger partial charge in [0.2, 0.25) is 5.91 Å². The molecule has 1 fully saturated rings. The lowest BCUT2D eigenvalue weighted by Gasteiger charge is -2.34. The van der Waals surface area contributed by atoms with E-state index in [0.29, 0.717) is 49.1 Å². The number of para-hydroxylation sites is 1. The van der Waals surface area contributed by atoms with Crippen LogP contribution < -0.4 is 5.32 Å². The Balaban J connectivity index is 1.50. The molecule has 0 aliphatic carbocycles. The van der Waals surface area contributed by atoms with Gasteiger partial charge in [-0.2, -0.15) is 0 Å². The largest absolute Gasteiger partial charge is 0.380 e. The van der Waals surface area contributed by atoms with E-state index < -0.39 is 0 Å². The van der Waals surface area contributed by atoms with E-state index in [1.54, 1.807) is 19.2 Å². The number of nitrogens with zero attached hydrogens (tertiary/aromatic N) is 2. The lowest BCUT2D eigenvalue weighted by molar-refractivity contribution is -0.117. The average molecular weight is 402 g/mol. The molecule has 0 spiro atoms. The van der Waals surface area contributed by atoms with Crippen molar-refractivity contribution in [1.82, 2.24) is 9.80 Å². The number of nitrogens with one attached hydrogen (secondary N) is 1. The quantitative estimate of drug-likeness (QED) is 0.808. The molecule has 28 heavy (non-hydrogen) atoms. The van der Waals surface area contributed by atoms with Gasteiger partial charge < -0.3 is 15.0 Å². The Morgan fingerprint density at radius 3 is 2.54 bits per heavy atom. The van der Waals surface area contributed by atoms with Gasteiger partial charge in [0.15, 0.2) is 0 Å². The fourth-order valence-electron chi connectivity index (χ4n) is 3.21. The summed E-state index contributed by atoms with van der Waals surface area (Å²) in [4.78, 5) is 28.9. The Morgan fingerprint density at radius 1 is 1.07 bits per heavy atom. The third-order valence-corrected chi connectivity index (χ3v) is 4.99. The van der Waals surface area contributed by atoms with Crippen LogP contribution in [0.1, 0.15) is 15.9 Å². The molecule has 0 atom stereocenters. The van der Waals surface area contributed by atoms with Crippen LogP contribution in [0.25, 0.3) is 0 Å². The maximum atomic E-state index is 12.7. The molecule has 0 saturated carbocycles. The van der Waals surface area contributed by atoms with E-state index in [9.17, 15) is 9.59 Å². The number of amides is 2. The van der Waals surface area contributed by atoms with Crippen LogP contribution in [0.15, 0.2) is 48.5 Å². The monoisotopic (exact) mass is 401 g/mol. The van der Waals surface area contributed by atoms with E-state index in [1.807, 2.05) is 46.2 Å². The second kappa shape index (κ2) is 9.68. The molecule has 2 aromatic carbocycles. The number of benzene rings is 2. The number of piperazine rings is 1. The molecular weight excluding hydrogens is 378 g/mol. The van der Waals surface area contributed by atoms with Gasteiger partial charge in [-0.3, -0.25) is 14.5 Å². The molecule has 1 aliphatic heterocycles. The fourth-order valence-corrected chi connectivity index (χ4v) is 3.39. The van der Waals surface area contributed by atoms with E-state index in [-0.39, 0.29) is 18.4 Å². The minimum atomic E-state index is -0.111.